The van der Waals surface area contributed by atoms with Crippen molar-refractivity contribution in [1.29, 1.82) is 0 Å². The molecule has 0 bridgehead atoms. The minimum Gasteiger partial charge on any atom is -0.493 e. The first-order valence-corrected chi connectivity index (χ1v) is 5.13. The minimum atomic E-state index is -0.282. The molecule has 0 N–H and O–H groups in total. The Morgan fingerprint density at radius 3 is 2.81 bits per heavy atom. The molecule has 3 heteroatoms. The molecule has 0 aliphatic rings. The lowest BCUT2D eigenvalue weighted by molar-refractivity contribution is 0.319. The maximum atomic E-state index is 12.8. The van der Waals surface area contributed by atoms with Crippen molar-refractivity contribution < 1.29 is 9.13 Å². The van der Waals surface area contributed by atoms with Gasteiger partial charge in [-0.2, -0.15) is 0 Å². The molecule has 0 aliphatic heterocycles. The van der Waals surface area contributed by atoms with E-state index in [0.717, 1.165) is 12.1 Å². The molecule has 0 fully saturated rings. The second-order valence-corrected chi connectivity index (χ2v) is 3.38. The highest BCUT2D eigenvalue weighted by molar-refractivity contribution is 5.22. The van der Waals surface area contributed by atoms with Crippen LogP contribution in [0.2, 0.25) is 0 Å². The predicted octanol–water partition coefficient (Wildman–Crippen LogP) is 2.84. The highest BCUT2D eigenvalue weighted by Crippen LogP contribution is 2.12. The number of pyridine rings is 1. The van der Waals surface area contributed by atoms with Crippen molar-refractivity contribution in [1.82, 2.24) is 4.98 Å². The van der Waals surface area contributed by atoms with E-state index in [0.29, 0.717) is 12.4 Å². The third-order valence-corrected chi connectivity index (χ3v) is 2.15. The molecular weight excluding hydrogens is 205 g/mol. The molecule has 0 spiro atoms. The maximum absolute atomic E-state index is 12.8. The van der Waals surface area contributed by atoms with Crippen LogP contribution >= 0.6 is 0 Å². The van der Waals surface area contributed by atoms with E-state index in [1.54, 1.807) is 18.3 Å². The van der Waals surface area contributed by atoms with E-state index >= 15 is 0 Å². The number of halogens is 1. The summed E-state index contributed by atoms with van der Waals surface area (Å²) in [5.41, 5.74) is 0.971. The number of hydrogen-bond acceptors (Lipinski definition) is 2. The zero-order valence-electron chi connectivity index (χ0n) is 8.77. The monoisotopic (exact) mass is 217 g/mol. The van der Waals surface area contributed by atoms with Gasteiger partial charge in [-0.1, -0.05) is 12.1 Å². The minimum absolute atomic E-state index is 0.282. The van der Waals surface area contributed by atoms with Gasteiger partial charge in [-0.25, -0.2) is 4.39 Å². The first-order valence-electron chi connectivity index (χ1n) is 5.13. The molecule has 0 aliphatic carbocycles. The Bertz CT molecular complexity index is 445. The molecule has 16 heavy (non-hydrogen) atoms. The first-order chi connectivity index (χ1) is 7.84. The number of benzene rings is 1. The number of aromatic nitrogens is 1. The van der Waals surface area contributed by atoms with Crippen molar-refractivity contribution in [2.24, 2.45) is 0 Å². The lowest BCUT2D eigenvalue weighted by Gasteiger charge is -2.05. The van der Waals surface area contributed by atoms with Crippen molar-refractivity contribution in [3.8, 4) is 5.75 Å². The summed E-state index contributed by atoms with van der Waals surface area (Å²) in [5, 5.41) is 0. The van der Waals surface area contributed by atoms with Gasteiger partial charge in [-0.15, -0.1) is 0 Å². The van der Waals surface area contributed by atoms with Crippen molar-refractivity contribution in [3.05, 3.63) is 60.2 Å². The molecule has 82 valence electrons. The van der Waals surface area contributed by atoms with E-state index in [1.807, 2.05) is 18.2 Å². The number of rotatable bonds is 4. The van der Waals surface area contributed by atoms with Crippen LogP contribution in [0.1, 0.15) is 5.69 Å². The summed E-state index contributed by atoms with van der Waals surface area (Å²) in [6, 6.07) is 11.9. The van der Waals surface area contributed by atoms with Crippen LogP contribution in [0, 0.1) is 5.82 Å². The van der Waals surface area contributed by atoms with E-state index in [-0.39, 0.29) is 5.82 Å². The Balaban J connectivity index is 1.85. The summed E-state index contributed by atoms with van der Waals surface area (Å²) in [6.45, 7) is 0.500. The van der Waals surface area contributed by atoms with E-state index < -0.39 is 0 Å². The van der Waals surface area contributed by atoms with E-state index in [1.165, 1.54) is 12.1 Å². The van der Waals surface area contributed by atoms with Crippen molar-refractivity contribution in [3.63, 3.8) is 0 Å². The molecule has 0 saturated heterocycles. The average molecular weight is 217 g/mol. The fourth-order valence-electron chi connectivity index (χ4n) is 1.38. The molecule has 0 amide bonds. The summed E-state index contributed by atoms with van der Waals surface area (Å²) in [7, 11) is 0. The van der Waals surface area contributed by atoms with Gasteiger partial charge in [0.2, 0.25) is 0 Å². The van der Waals surface area contributed by atoms with E-state index in [2.05, 4.69) is 4.98 Å². The van der Waals surface area contributed by atoms with Crippen LogP contribution in [0.25, 0.3) is 0 Å². The molecule has 2 aromatic rings. The first kappa shape index (κ1) is 10.6. The highest BCUT2D eigenvalue weighted by atomic mass is 19.1. The maximum Gasteiger partial charge on any atom is 0.126 e. The Kier molecular flexibility index (Phi) is 3.49. The molecule has 0 saturated carbocycles. The zero-order valence-corrected chi connectivity index (χ0v) is 8.77. The van der Waals surface area contributed by atoms with E-state index in [9.17, 15) is 4.39 Å². The zero-order chi connectivity index (χ0) is 11.2. The smallest absolute Gasteiger partial charge is 0.126 e. The molecule has 0 unspecified atom stereocenters. The topological polar surface area (TPSA) is 22.1 Å². The molecule has 1 aromatic carbocycles. The molecule has 0 radical (unpaired) electrons. The molecule has 1 heterocycles. The quantitative estimate of drug-likeness (QED) is 0.785. The van der Waals surface area contributed by atoms with Crippen LogP contribution in [-0.2, 0) is 6.42 Å². The van der Waals surface area contributed by atoms with Crippen LogP contribution < -0.4 is 4.74 Å². The van der Waals surface area contributed by atoms with Crippen LogP contribution in [-0.4, -0.2) is 11.6 Å². The number of ether oxygens (including phenoxy) is 1. The standard InChI is InChI=1S/C13H12FNO/c14-11-4-3-6-13(10-11)16-9-7-12-5-1-2-8-15-12/h1-6,8,10H,7,9H2. The molecule has 0 atom stereocenters. The lowest BCUT2D eigenvalue weighted by atomic mass is 10.3. The number of hydrogen-bond donors (Lipinski definition) is 0. The summed E-state index contributed by atoms with van der Waals surface area (Å²) in [5.74, 6) is 0.270. The summed E-state index contributed by atoms with van der Waals surface area (Å²) >= 11 is 0. The van der Waals surface area contributed by atoms with Crippen LogP contribution in [0.15, 0.2) is 48.7 Å². The summed E-state index contributed by atoms with van der Waals surface area (Å²) < 4.78 is 18.2. The van der Waals surface area contributed by atoms with Crippen molar-refractivity contribution in [2.75, 3.05) is 6.61 Å². The SMILES string of the molecule is Fc1cccc(OCCc2ccccn2)c1. The lowest BCUT2D eigenvalue weighted by Crippen LogP contribution is -2.02. The third kappa shape index (κ3) is 3.05. The van der Waals surface area contributed by atoms with Gasteiger partial charge in [0.1, 0.15) is 11.6 Å². The van der Waals surface area contributed by atoms with Gasteiger partial charge in [0.15, 0.2) is 0 Å². The van der Waals surface area contributed by atoms with E-state index in [4.69, 9.17) is 4.74 Å². The van der Waals surface area contributed by atoms with Gasteiger partial charge in [0.05, 0.1) is 6.61 Å². The summed E-state index contributed by atoms with van der Waals surface area (Å²) in [4.78, 5) is 4.17. The van der Waals surface area contributed by atoms with Gasteiger partial charge < -0.3 is 4.74 Å². The Labute approximate surface area is 93.7 Å². The second kappa shape index (κ2) is 5.26. The average Bonchev–Trinajstić information content (AvgIpc) is 2.30. The molecular formula is C13H12FNO. The summed E-state index contributed by atoms with van der Waals surface area (Å²) in [6.07, 6.45) is 2.47. The van der Waals surface area contributed by atoms with Crippen molar-refractivity contribution >= 4 is 0 Å². The Hall–Kier alpha value is -1.90. The van der Waals surface area contributed by atoms with Gasteiger partial charge >= 0.3 is 0 Å². The fraction of sp³-hybridized carbons (Fsp3) is 0.154. The second-order valence-electron chi connectivity index (χ2n) is 3.38. The Morgan fingerprint density at radius 1 is 1.12 bits per heavy atom. The van der Waals surface area contributed by atoms with Gasteiger partial charge in [0.25, 0.3) is 0 Å². The largest absolute Gasteiger partial charge is 0.493 e. The van der Waals surface area contributed by atoms with Gasteiger partial charge in [-0.05, 0) is 24.3 Å². The van der Waals surface area contributed by atoms with Crippen molar-refractivity contribution in [2.45, 2.75) is 6.42 Å². The predicted molar refractivity (Wildman–Crippen MR) is 59.8 cm³/mol. The highest BCUT2D eigenvalue weighted by Gasteiger charge is 1.97. The molecule has 1 aromatic heterocycles. The van der Waals surface area contributed by atoms with Crippen LogP contribution in [0.5, 0.6) is 5.75 Å². The molecule has 2 rings (SSSR count). The third-order valence-electron chi connectivity index (χ3n) is 2.15. The van der Waals surface area contributed by atoms with Crippen LogP contribution in [0.4, 0.5) is 4.39 Å². The molecule has 2 nitrogen and oxygen atoms in total. The fourth-order valence-corrected chi connectivity index (χ4v) is 1.38. The van der Waals surface area contributed by atoms with Crippen LogP contribution in [0.3, 0.4) is 0 Å². The Morgan fingerprint density at radius 2 is 2.06 bits per heavy atom. The van der Waals surface area contributed by atoms with Gasteiger partial charge in [-0.3, -0.25) is 4.98 Å². The van der Waals surface area contributed by atoms with Gasteiger partial charge in [0, 0.05) is 24.4 Å². The number of nitrogens with zero attached hydrogens (tertiary/aromatic N) is 1. The normalized spacial score (nSPS) is 10.1.